The molecule has 0 saturated heterocycles. The van der Waals surface area contributed by atoms with Gasteiger partial charge in [0, 0.05) is 17.0 Å². The molecule has 0 bridgehead atoms. The van der Waals surface area contributed by atoms with Crippen molar-refractivity contribution in [2.45, 2.75) is 4.90 Å². The Kier molecular flexibility index (Phi) is 3.67. The van der Waals surface area contributed by atoms with Gasteiger partial charge in [0.25, 0.3) is 0 Å². The van der Waals surface area contributed by atoms with Gasteiger partial charge in [0.05, 0.1) is 0 Å². The summed E-state index contributed by atoms with van der Waals surface area (Å²) in [5.41, 5.74) is 0. The first kappa shape index (κ1) is 7.94. The average Bonchev–Trinajstić information content (AvgIpc) is 2.03. The molecule has 1 aromatic carbocycles. The first-order valence-corrected chi connectivity index (χ1v) is 4.45. The third kappa shape index (κ3) is 2.62. The Morgan fingerprint density at radius 3 is 2.50 bits per heavy atom. The molecule has 3 N–H and O–H groups in total. The fourth-order valence-corrected chi connectivity index (χ4v) is 1.43. The number of nitrogens with one attached hydrogen (secondary N) is 1. The second-order valence-electron chi connectivity index (χ2n) is 1.62. The van der Waals surface area contributed by atoms with Crippen molar-refractivity contribution in [1.29, 1.82) is 0 Å². The summed E-state index contributed by atoms with van der Waals surface area (Å²) in [7, 11) is 0. The van der Waals surface area contributed by atoms with Crippen LogP contribution in [0.15, 0.2) is 35.2 Å². The number of hydrogen-bond donors (Lipinski definition) is 2. The van der Waals surface area contributed by atoms with Gasteiger partial charge in [-0.25, -0.2) is 0 Å². The van der Waals surface area contributed by atoms with Gasteiger partial charge in [0.2, 0.25) is 0 Å². The van der Waals surface area contributed by atoms with E-state index in [0.717, 1.165) is 12.1 Å². The van der Waals surface area contributed by atoms with Crippen molar-refractivity contribution in [3.05, 3.63) is 30.3 Å². The molecule has 1 rings (SSSR count). The van der Waals surface area contributed by atoms with Crippen molar-refractivity contribution in [1.82, 2.24) is 4.13 Å². The van der Waals surface area contributed by atoms with E-state index in [4.69, 9.17) is 5.14 Å². The molecule has 10 heavy (non-hydrogen) atoms. The van der Waals surface area contributed by atoms with Crippen molar-refractivity contribution < 1.29 is 0 Å². The molecule has 0 amide bonds. The lowest BCUT2D eigenvalue weighted by Gasteiger charge is -1.97. The first-order valence-electron chi connectivity index (χ1n) is 2.76. The summed E-state index contributed by atoms with van der Waals surface area (Å²) in [6.45, 7) is 0. The number of benzene rings is 1. The second kappa shape index (κ2) is 4.62. The van der Waals surface area contributed by atoms with Crippen LogP contribution in [-0.2, 0) is 0 Å². The summed E-state index contributed by atoms with van der Waals surface area (Å²) >= 11 is 2.62. The van der Waals surface area contributed by atoms with E-state index in [1.165, 1.54) is 16.8 Å². The minimum absolute atomic E-state index is 1.11. The van der Waals surface area contributed by atoms with E-state index in [2.05, 4.69) is 4.13 Å². The summed E-state index contributed by atoms with van der Waals surface area (Å²) in [6.07, 6.45) is 0. The van der Waals surface area contributed by atoms with Crippen molar-refractivity contribution in [3.63, 3.8) is 0 Å². The Bertz CT molecular complexity index is 178. The Morgan fingerprint density at radius 1 is 1.20 bits per heavy atom. The lowest BCUT2D eigenvalue weighted by molar-refractivity contribution is 1.45. The maximum absolute atomic E-state index is 5.16. The lowest BCUT2D eigenvalue weighted by Crippen LogP contribution is -1.93. The summed E-state index contributed by atoms with van der Waals surface area (Å²) < 4.78 is 2.88. The quantitative estimate of drug-likeness (QED) is 0.682. The lowest BCUT2D eigenvalue weighted by atomic mass is 10.4. The standard InChI is InChI=1S/C6H8N2S2/c7-10-8-9-6-4-2-1-3-5-6/h1-5,8H,7H2. The van der Waals surface area contributed by atoms with Gasteiger partial charge in [-0.05, 0) is 24.1 Å². The Labute approximate surface area is 69.0 Å². The van der Waals surface area contributed by atoms with Crippen LogP contribution in [0.1, 0.15) is 0 Å². The van der Waals surface area contributed by atoms with Crippen LogP contribution in [0.3, 0.4) is 0 Å². The molecule has 4 heteroatoms. The largest absolute Gasteiger partial charge is 0.264 e. The van der Waals surface area contributed by atoms with Crippen LogP contribution in [-0.4, -0.2) is 0 Å². The fraction of sp³-hybridized carbons (Fsp3) is 0. The Morgan fingerprint density at radius 2 is 1.90 bits per heavy atom. The van der Waals surface area contributed by atoms with Crippen LogP contribution in [0.5, 0.6) is 0 Å². The van der Waals surface area contributed by atoms with Gasteiger partial charge < -0.3 is 0 Å². The molecule has 1 aromatic rings. The van der Waals surface area contributed by atoms with E-state index in [1.54, 1.807) is 0 Å². The van der Waals surface area contributed by atoms with Crippen LogP contribution < -0.4 is 9.27 Å². The van der Waals surface area contributed by atoms with E-state index >= 15 is 0 Å². The van der Waals surface area contributed by atoms with E-state index in [-0.39, 0.29) is 0 Å². The van der Waals surface area contributed by atoms with E-state index < -0.39 is 0 Å². The summed E-state index contributed by atoms with van der Waals surface area (Å²) in [5, 5.41) is 5.16. The maximum Gasteiger partial charge on any atom is 0.0236 e. The molecular weight excluding hydrogens is 164 g/mol. The van der Waals surface area contributed by atoms with Gasteiger partial charge in [-0.2, -0.15) is 4.13 Å². The highest BCUT2D eigenvalue weighted by Crippen LogP contribution is 2.13. The minimum atomic E-state index is 1.11. The van der Waals surface area contributed by atoms with Gasteiger partial charge in [-0.1, -0.05) is 18.2 Å². The molecule has 0 heterocycles. The zero-order valence-corrected chi connectivity index (χ0v) is 6.91. The molecule has 2 nitrogen and oxygen atoms in total. The highest BCUT2D eigenvalue weighted by molar-refractivity contribution is 8.11. The highest BCUT2D eigenvalue weighted by Gasteiger charge is 1.87. The minimum Gasteiger partial charge on any atom is -0.264 e. The third-order valence-corrected chi connectivity index (χ3v) is 2.18. The molecule has 0 aromatic heterocycles. The molecule has 0 radical (unpaired) electrons. The number of nitrogens with two attached hydrogens (primary N) is 1. The summed E-state index contributed by atoms with van der Waals surface area (Å²) in [6, 6.07) is 10.0. The topological polar surface area (TPSA) is 38.0 Å². The molecule has 0 unspecified atom stereocenters. The second-order valence-corrected chi connectivity index (χ2v) is 3.19. The van der Waals surface area contributed by atoms with Gasteiger partial charge in [0.1, 0.15) is 0 Å². The van der Waals surface area contributed by atoms with Gasteiger partial charge in [0.15, 0.2) is 0 Å². The first-order chi connectivity index (χ1) is 4.93. The molecule has 0 aliphatic heterocycles. The van der Waals surface area contributed by atoms with Crippen LogP contribution in [0.4, 0.5) is 0 Å². The number of hydrogen-bond acceptors (Lipinski definition) is 4. The summed E-state index contributed by atoms with van der Waals surface area (Å²) in [4.78, 5) is 1.17. The van der Waals surface area contributed by atoms with E-state index in [9.17, 15) is 0 Å². The average molecular weight is 172 g/mol. The molecule has 0 spiro atoms. The molecule has 0 aliphatic carbocycles. The Balaban J connectivity index is 2.43. The molecule has 0 atom stereocenters. The maximum atomic E-state index is 5.16. The van der Waals surface area contributed by atoms with Gasteiger partial charge in [-0.3, -0.25) is 5.14 Å². The van der Waals surface area contributed by atoms with E-state index in [0.29, 0.717) is 0 Å². The van der Waals surface area contributed by atoms with Gasteiger partial charge in [-0.15, -0.1) is 0 Å². The van der Waals surface area contributed by atoms with E-state index in [1.807, 2.05) is 30.3 Å². The van der Waals surface area contributed by atoms with Crippen LogP contribution >= 0.6 is 24.1 Å². The molecule has 0 aliphatic rings. The molecular formula is C6H8N2S2. The highest BCUT2D eigenvalue weighted by atomic mass is 32.2. The predicted molar refractivity (Wildman–Crippen MR) is 47.2 cm³/mol. The molecule has 54 valence electrons. The monoisotopic (exact) mass is 172 g/mol. The zero-order chi connectivity index (χ0) is 7.23. The van der Waals surface area contributed by atoms with Gasteiger partial charge >= 0.3 is 0 Å². The SMILES string of the molecule is NSNSc1ccccc1. The van der Waals surface area contributed by atoms with Crippen LogP contribution in [0, 0.1) is 0 Å². The van der Waals surface area contributed by atoms with Crippen molar-refractivity contribution in [3.8, 4) is 0 Å². The third-order valence-electron chi connectivity index (χ3n) is 0.951. The smallest absolute Gasteiger partial charge is 0.0236 e. The predicted octanol–water partition coefficient (Wildman–Crippen LogP) is 1.81. The van der Waals surface area contributed by atoms with Crippen molar-refractivity contribution in [2.75, 3.05) is 0 Å². The number of rotatable bonds is 3. The van der Waals surface area contributed by atoms with Crippen molar-refractivity contribution >= 4 is 24.1 Å². The fourth-order valence-electron chi connectivity index (χ4n) is 0.561. The van der Waals surface area contributed by atoms with Crippen molar-refractivity contribution in [2.24, 2.45) is 5.14 Å². The Hall–Kier alpha value is -0.160. The van der Waals surface area contributed by atoms with Crippen LogP contribution in [0.25, 0.3) is 0 Å². The molecule has 0 fully saturated rings. The summed E-state index contributed by atoms with van der Waals surface area (Å²) in [5.74, 6) is 0. The normalized spacial score (nSPS) is 9.70. The van der Waals surface area contributed by atoms with Crippen LogP contribution in [0.2, 0.25) is 0 Å². The zero-order valence-electron chi connectivity index (χ0n) is 5.28. The molecule has 0 saturated carbocycles.